The summed E-state index contributed by atoms with van der Waals surface area (Å²) in [6, 6.07) is 16.4. The molecule has 0 atom stereocenters. The minimum Gasteiger partial charge on any atom is -0.326 e. The molecule has 0 aromatic heterocycles. The van der Waals surface area contributed by atoms with Crippen LogP contribution < -0.4 is 10.7 Å². The van der Waals surface area contributed by atoms with Crippen molar-refractivity contribution in [2.75, 3.05) is 5.32 Å². The number of hydrogen-bond acceptors (Lipinski definition) is 3. The molecule has 5 nitrogen and oxygen atoms in total. The molecule has 2 aromatic carbocycles. The van der Waals surface area contributed by atoms with E-state index in [0.717, 1.165) is 24.1 Å². The monoisotopic (exact) mass is 337 g/mol. The Morgan fingerprint density at radius 2 is 1.64 bits per heavy atom. The van der Waals surface area contributed by atoms with Crippen LogP contribution in [0.4, 0.5) is 5.69 Å². The van der Waals surface area contributed by atoms with Crippen LogP contribution in [0.3, 0.4) is 0 Å². The van der Waals surface area contributed by atoms with Crippen molar-refractivity contribution in [3.8, 4) is 0 Å². The molecule has 0 saturated heterocycles. The Bertz CT molecular complexity index is 737. The first-order chi connectivity index (χ1) is 12.1. The van der Waals surface area contributed by atoms with E-state index in [1.807, 2.05) is 44.2 Å². The number of unbranched alkanes of at least 4 members (excludes halogenated alkanes) is 1. The van der Waals surface area contributed by atoms with E-state index in [9.17, 15) is 9.59 Å². The van der Waals surface area contributed by atoms with E-state index in [1.165, 1.54) is 0 Å². The van der Waals surface area contributed by atoms with Crippen molar-refractivity contribution in [2.24, 2.45) is 5.10 Å². The number of amides is 2. The highest BCUT2D eigenvalue weighted by Crippen LogP contribution is 2.11. The number of anilines is 1. The average molecular weight is 337 g/mol. The Morgan fingerprint density at radius 3 is 2.28 bits per heavy atom. The van der Waals surface area contributed by atoms with E-state index in [2.05, 4.69) is 15.8 Å². The van der Waals surface area contributed by atoms with Gasteiger partial charge in [0.2, 0.25) is 5.91 Å². The molecule has 2 aromatic rings. The zero-order valence-electron chi connectivity index (χ0n) is 14.6. The van der Waals surface area contributed by atoms with Gasteiger partial charge in [0, 0.05) is 17.7 Å². The minimum absolute atomic E-state index is 0.0119. The molecule has 2 amide bonds. The summed E-state index contributed by atoms with van der Waals surface area (Å²) in [5.74, 6) is -0.304. The molecule has 0 bridgehead atoms. The van der Waals surface area contributed by atoms with Crippen LogP contribution in [-0.4, -0.2) is 17.5 Å². The first-order valence-corrected chi connectivity index (χ1v) is 8.40. The van der Waals surface area contributed by atoms with E-state index >= 15 is 0 Å². The predicted octanol–water partition coefficient (Wildman–Crippen LogP) is 3.97. The molecule has 0 saturated carbocycles. The zero-order chi connectivity index (χ0) is 18.1. The Labute approximate surface area is 148 Å². The number of carbonyl (C=O) groups excluding carboxylic acids is 2. The lowest BCUT2D eigenvalue weighted by Gasteiger charge is -2.06. The summed E-state index contributed by atoms with van der Waals surface area (Å²) >= 11 is 0. The molecule has 5 heteroatoms. The first-order valence-electron chi connectivity index (χ1n) is 8.40. The second-order valence-corrected chi connectivity index (χ2v) is 5.73. The quantitative estimate of drug-likeness (QED) is 0.593. The largest absolute Gasteiger partial charge is 0.326 e. The minimum atomic E-state index is -0.292. The van der Waals surface area contributed by atoms with Gasteiger partial charge in [-0.25, -0.2) is 5.43 Å². The summed E-state index contributed by atoms with van der Waals surface area (Å²) in [7, 11) is 0. The number of nitrogens with zero attached hydrogens (tertiary/aromatic N) is 1. The van der Waals surface area contributed by atoms with Gasteiger partial charge in [0.15, 0.2) is 0 Å². The highest BCUT2D eigenvalue weighted by atomic mass is 16.2. The lowest BCUT2D eigenvalue weighted by molar-refractivity contribution is -0.116. The molecule has 2 rings (SSSR count). The Balaban J connectivity index is 1.93. The van der Waals surface area contributed by atoms with Crippen molar-refractivity contribution in [1.29, 1.82) is 0 Å². The fraction of sp³-hybridized carbons (Fsp3) is 0.250. The second-order valence-electron chi connectivity index (χ2n) is 5.73. The molecule has 0 spiro atoms. The van der Waals surface area contributed by atoms with Gasteiger partial charge in [-0.05, 0) is 43.2 Å². The number of hydrogen-bond donors (Lipinski definition) is 2. The molecule has 0 aliphatic heterocycles. The lowest BCUT2D eigenvalue weighted by Crippen LogP contribution is -2.19. The number of hydrazone groups is 1. The maximum Gasteiger partial charge on any atom is 0.271 e. The maximum atomic E-state index is 12.1. The van der Waals surface area contributed by atoms with E-state index in [4.69, 9.17) is 0 Å². The Hall–Kier alpha value is -2.95. The maximum absolute atomic E-state index is 12.1. The van der Waals surface area contributed by atoms with Gasteiger partial charge in [0.05, 0.1) is 5.71 Å². The highest BCUT2D eigenvalue weighted by Gasteiger charge is 2.06. The average Bonchev–Trinajstić information content (AvgIpc) is 2.65. The molecule has 0 aliphatic carbocycles. The highest BCUT2D eigenvalue weighted by molar-refractivity contribution is 6.01. The summed E-state index contributed by atoms with van der Waals surface area (Å²) in [5, 5.41) is 6.94. The topological polar surface area (TPSA) is 70.6 Å². The van der Waals surface area contributed by atoms with E-state index in [1.54, 1.807) is 24.3 Å². The van der Waals surface area contributed by atoms with Gasteiger partial charge in [0.1, 0.15) is 0 Å². The summed E-state index contributed by atoms with van der Waals surface area (Å²) in [4.78, 5) is 23.8. The SMILES string of the molecule is CCCCC(=O)Nc1ccc(C(=O)N/N=C(\C)c2ccccc2)cc1. The van der Waals surface area contributed by atoms with Crippen molar-refractivity contribution in [2.45, 2.75) is 33.1 Å². The fourth-order valence-corrected chi connectivity index (χ4v) is 2.21. The number of nitrogens with one attached hydrogen (secondary N) is 2. The van der Waals surface area contributed by atoms with Crippen LogP contribution >= 0.6 is 0 Å². The molecule has 2 N–H and O–H groups in total. The molecular weight excluding hydrogens is 314 g/mol. The second kappa shape index (κ2) is 9.37. The lowest BCUT2D eigenvalue weighted by atomic mass is 10.1. The van der Waals surface area contributed by atoms with Gasteiger partial charge < -0.3 is 5.32 Å². The number of benzene rings is 2. The first kappa shape index (κ1) is 18.4. The molecule has 130 valence electrons. The van der Waals surface area contributed by atoms with Crippen LogP contribution in [-0.2, 0) is 4.79 Å². The summed E-state index contributed by atoms with van der Waals surface area (Å²) in [5.41, 5.74) is 5.39. The third-order valence-corrected chi connectivity index (χ3v) is 3.70. The van der Waals surface area contributed by atoms with Crippen molar-refractivity contribution in [3.63, 3.8) is 0 Å². The van der Waals surface area contributed by atoms with Crippen molar-refractivity contribution < 1.29 is 9.59 Å². The summed E-state index contributed by atoms with van der Waals surface area (Å²) in [6.07, 6.45) is 2.35. The van der Waals surface area contributed by atoms with Gasteiger partial charge in [-0.2, -0.15) is 5.10 Å². The van der Waals surface area contributed by atoms with Gasteiger partial charge >= 0.3 is 0 Å². The molecule has 25 heavy (non-hydrogen) atoms. The van der Waals surface area contributed by atoms with Crippen LogP contribution in [0.25, 0.3) is 0 Å². The Morgan fingerprint density at radius 1 is 0.960 bits per heavy atom. The van der Waals surface area contributed by atoms with Crippen LogP contribution in [0.15, 0.2) is 59.7 Å². The molecule has 0 radical (unpaired) electrons. The van der Waals surface area contributed by atoms with E-state index < -0.39 is 0 Å². The van der Waals surface area contributed by atoms with Gasteiger partial charge in [-0.3, -0.25) is 9.59 Å². The third kappa shape index (κ3) is 5.88. The molecule has 0 aliphatic rings. The molecular formula is C20H23N3O2. The van der Waals surface area contributed by atoms with E-state index in [-0.39, 0.29) is 11.8 Å². The predicted molar refractivity (Wildman–Crippen MR) is 101 cm³/mol. The third-order valence-electron chi connectivity index (χ3n) is 3.70. The van der Waals surface area contributed by atoms with Crippen LogP contribution in [0.1, 0.15) is 49.0 Å². The number of carbonyl (C=O) groups is 2. The van der Waals surface area contributed by atoms with Gasteiger partial charge in [-0.1, -0.05) is 43.7 Å². The van der Waals surface area contributed by atoms with Crippen LogP contribution in [0.5, 0.6) is 0 Å². The molecule has 0 unspecified atom stereocenters. The van der Waals surface area contributed by atoms with Crippen molar-refractivity contribution in [1.82, 2.24) is 5.43 Å². The standard InChI is InChI=1S/C20H23N3O2/c1-3-4-10-19(24)21-18-13-11-17(12-14-18)20(25)23-22-15(2)16-8-6-5-7-9-16/h5-9,11-14H,3-4,10H2,1-2H3,(H,21,24)(H,23,25)/b22-15+. The van der Waals surface area contributed by atoms with E-state index in [0.29, 0.717) is 17.7 Å². The molecule has 0 heterocycles. The molecule has 0 fully saturated rings. The van der Waals surface area contributed by atoms with Crippen molar-refractivity contribution in [3.05, 3.63) is 65.7 Å². The fourth-order valence-electron chi connectivity index (χ4n) is 2.21. The van der Waals surface area contributed by atoms with Gasteiger partial charge in [0.25, 0.3) is 5.91 Å². The van der Waals surface area contributed by atoms with Crippen LogP contribution in [0, 0.1) is 0 Å². The summed E-state index contributed by atoms with van der Waals surface area (Å²) in [6.45, 7) is 3.88. The van der Waals surface area contributed by atoms with Gasteiger partial charge in [-0.15, -0.1) is 0 Å². The number of rotatable bonds is 7. The Kier molecular flexibility index (Phi) is 6.89. The zero-order valence-corrected chi connectivity index (χ0v) is 14.6. The van der Waals surface area contributed by atoms with Crippen molar-refractivity contribution >= 4 is 23.2 Å². The summed E-state index contributed by atoms with van der Waals surface area (Å²) < 4.78 is 0. The normalized spacial score (nSPS) is 11.0. The van der Waals surface area contributed by atoms with Crippen LogP contribution in [0.2, 0.25) is 0 Å². The smallest absolute Gasteiger partial charge is 0.271 e.